The number of terminal acetylenes is 1. The van der Waals surface area contributed by atoms with E-state index in [1.165, 1.54) is 0 Å². The molecule has 15 heavy (non-hydrogen) atoms. The molecule has 0 unspecified atom stereocenters. The van der Waals surface area contributed by atoms with E-state index < -0.39 is 12.0 Å². The zero-order valence-electron chi connectivity index (χ0n) is 8.91. The number of carboxylic acid groups (broad SMARTS) is 1. The summed E-state index contributed by atoms with van der Waals surface area (Å²) >= 11 is 0. The van der Waals surface area contributed by atoms with Crippen LogP contribution in [0, 0.1) is 18.3 Å². The molecule has 0 aromatic rings. The average Bonchev–Trinajstić information content (AvgIpc) is 2.13. The lowest BCUT2D eigenvalue weighted by Gasteiger charge is -2.17. The molecule has 0 heterocycles. The van der Waals surface area contributed by atoms with Gasteiger partial charge in [0.25, 0.3) is 0 Å². The average molecular weight is 212 g/mol. The van der Waals surface area contributed by atoms with Crippen LogP contribution in [0.3, 0.4) is 0 Å². The highest BCUT2D eigenvalue weighted by atomic mass is 16.4. The summed E-state index contributed by atoms with van der Waals surface area (Å²) in [7, 11) is 0. The van der Waals surface area contributed by atoms with Gasteiger partial charge in [-0.1, -0.05) is 19.8 Å². The van der Waals surface area contributed by atoms with Crippen molar-refractivity contribution in [1.29, 1.82) is 0 Å². The summed E-state index contributed by atoms with van der Waals surface area (Å²) in [5, 5.41) is 13.9. The molecular weight excluding hydrogens is 196 g/mol. The third-order valence-corrected chi connectivity index (χ3v) is 1.76. The number of hydrogen-bond donors (Lipinski definition) is 3. The van der Waals surface area contributed by atoms with Gasteiger partial charge in [-0.05, 0) is 5.92 Å². The molecule has 0 aliphatic rings. The van der Waals surface area contributed by atoms with Gasteiger partial charge in [0.05, 0.1) is 13.1 Å². The van der Waals surface area contributed by atoms with Gasteiger partial charge in [-0.15, -0.1) is 6.42 Å². The molecule has 0 aromatic heterocycles. The van der Waals surface area contributed by atoms with Crippen LogP contribution >= 0.6 is 0 Å². The minimum Gasteiger partial charge on any atom is -0.480 e. The SMILES string of the molecule is C#CCNCC(=O)N[C@H](C(=O)O)C(C)C. The Morgan fingerprint density at radius 3 is 2.47 bits per heavy atom. The second-order valence-electron chi connectivity index (χ2n) is 3.44. The fourth-order valence-electron chi connectivity index (χ4n) is 0.986. The first-order valence-corrected chi connectivity index (χ1v) is 4.65. The van der Waals surface area contributed by atoms with E-state index in [9.17, 15) is 9.59 Å². The number of amides is 1. The molecule has 0 aromatic carbocycles. The van der Waals surface area contributed by atoms with Crippen LogP contribution in [-0.4, -0.2) is 36.1 Å². The largest absolute Gasteiger partial charge is 0.480 e. The summed E-state index contributed by atoms with van der Waals surface area (Å²) in [6.07, 6.45) is 4.97. The highest BCUT2D eigenvalue weighted by Gasteiger charge is 2.22. The number of aliphatic carboxylic acids is 1. The van der Waals surface area contributed by atoms with E-state index >= 15 is 0 Å². The molecule has 0 fully saturated rings. The van der Waals surface area contributed by atoms with Crippen molar-refractivity contribution in [1.82, 2.24) is 10.6 Å². The summed E-state index contributed by atoms with van der Waals surface area (Å²) in [4.78, 5) is 22.0. The van der Waals surface area contributed by atoms with Gasteiger partial charge in [-0.25, -0.2) is 4.79 Å². The predicted octanol–water partition coefficient (Wildman–Crippen LogP) is -0.565. The topological polar surface area (TPSA) is 78.4 Å². The first-order valence-electron chi connectivity index (χ1n) is 4.65. The maximum Gasteiger partial charge on any atom is 0.326 e. The highest BCUT2D eigenvalue weighted by Crippen LogP contribution is 2.00. The lowest BCUT2D eigenvalue weighted by Crippen LogP contribution is -2.47. The van der Waals surface area contributed by atoms with E-state index in [-0.39, 0.29) is 24.9 Å². The molecule has 0 saturated carbocycles. The Labute approximate surface area is 89.2 Å². The zero-order valence-corrected chi connectivity index (χ0v) is 8.91. The zero-order chi connectivity index (χ0) is 11.8. The second kappa shape index (κ2) is 6.85. The molecule has 5 nitrogen and oxygen atoms in total. The van der Waals surface area contributed by atoms with Crippen molar-refractivity contribution in [3.05, 3.63) is 0 Å². The summed E-state index contributed by atoms with van der Waals surface area (Å²) in [5.74, 6) is 0.760. The smallest absolute Gasteiger partial charge is 0.326 e. The number of carbonyl (C=O) groups is 2. The maximum absolute atomic E-state index is 11.2. The Morgan fingerprint density at radius 1 is 1.47 bits per heavy atom. The number of hydrogen-bond acceptors (Lipinski definition) is 3. The van der Waals surface area contributed by atoms with Crippen LogP contribution in [-0.2, 0) is 9.59 Å². The summed E-state index contributed by atoms with van der Waals surface area (Å²) < 4.78 is 0. The van der Waals surface area contributed by atoms with Crippen LogP contribution in [0.25, 0.3) is 0 Å². The Balaban J connectivity index is 4.02. The van der Waals surface area contributed by atoms with Crippen molar-refractivity contribution in [2.75, 3.05) is 13.1 Å². The number of rotatable bonds is 6. The standard InChI is InChI=1S/C10H16N2O3/c1-4-5-11-6-8(13)12-9(7(2)3)10(14)15/h1,7,9,11H,5-6H2,2-3H3,(H,12,13)(H,14,15)/t9-/m0/s1. The van der Waals surface area contributed by atoms with Crippen molar-refractivity contribution in [3.8, 4) is 12.3 Å². The molecule has 1 amide bonds. The molecule has 3 N–H and O–H groups in total. The Hall–Kier alpha value is -1.54. The van der Waals surface area contributed by atoms with Crippen molar-refractivity contribution in [3.63, 3.8) is 0 Å². The summed E-state index contributed by atoms with van der Waals surface area (Å²) in [5.41, 5.74) is 0. The molecule has 84 valence electrons. The molecule has 0 spiro atoms. The van der Waals surface area contributed by atoms with Gasteiger partial charge >= 0.3 is 5.97 Å². The maximum atomic E-state index is 11.2. The molecule has 0 bridgehead atoms. The van der Waals surface area contributed by atoms with Gasteiger partial charge in [-0.3, -0.25) is 10.1 Å². The van der Waals surface area contributed by atoms with E-state index in [0.717, 1.165) is 0 Å². The van der Waals surface area contributed by atoms with Gasteiger partial charge < -0.3 is 10.4 Å². The van der Waals surface area contributed by atoms with E-state index in [0.29, 0.717) is 0 Å². The van der Waals surface area contributed by atoms with Crippen LogP contribution in [0.1, 0.15) is 13.8 Å². The molecular formula is C10H16N2O3. The van der Waals surface area contributed by atoms with Crippen LogP contribution < -0.4 is 10.6 Å². The minimum absolute atomic E-state index is 0.0285. The second-order valence-corrected chi connectivity index (χ2v) is 3.44. The fourth-order valence-corrected chi connectivity index (χ4v) is 0.986. The predicted molar refractivity (Wildman–Crippen MR) is 56.1 cm³/mol. The van der Waals surface area contributed by atoms with Crippen molar-refractivity contribution in [2.45, 2.75) is 19.9 Å². The lowest BCUT2D eigenvalue weighted by molar-refractivity contribution is -0.142. The minimum atomic E-state index is -1.03. The van der Waals surface area contributed by atoms with E-state index in [1.807, 2.05) is 0 Å². The van der Waals surface area contributed by atoms with Gasteiger partial charge in [-0.2, -0.15) is 0 Å². The summed E-state index contributed by atoms with van der Waals surface area (Å²) in [6, 6.07) is -0.856. The summed E-state index contributed by atoms with van der Waals surface area (Å²) in [6.45, 7) is 3.77. The Kier molecular flexibility index (Phi) is 6.14. The van der Waals surface area contributed by atoms with Crippen LogP contribution in [0.5, 0.6) is 0 Å². The molecule has 0 aliphatic carbocycles. The van der Waals surface area contributed by atoms with Gasteiger partial charge in [0, 0.05) is 0 Å². The van der Waals surface area contributed by atoms with Crippen LogP contribution in [0.15, 0.2) is 0 Å². The number of nitrogens with one attached hydrogen (secondary N) is 2. The Bertz CT molecular complexity index is 268. The Morgan fingerprint density at radius 2 is 2.07 bits per heavy atom. The molecule has 0 rings (SSSR count). The van der Waals surface area contributed by atoms with E-state index in [1.54, 1.807) is 13.8 Å². The fraction of sp³-hybridized carbons (Fsp3) is 0.600. The normalized spacial score (nSPS) is 11.9. The van der Waals surface area contributed by atoms with Crippen molar-refractivity contribution >= 4 is 11.9 Å². The molecule has 1 atom stereocenters. The van der Waals surface area contributed by atoms with Gasteiger partial charge in [0.15, 0.2) is 0 Å². The monoisotopic (exact) mass is 212 g/mol. The molecule has 0 radical (unpaired) electrons. The van der Waals surface area contributed by atoms with Crippen LogP contribution in [0.4, 0.5) is 0 Å². The first-order chi connectivity index (χ1) is 6.99. The molecule has 0 saturated heterocycles. The third kappa shape index (κ3) is 5.70. The molecule has 0 aliphatic heterocycles. The van der Waals surface area contributed by atoms with Gasteiger partial charge in [0.2, 0.25) is 5.91 Å². The third-order valence-electron chi connectivity index (χ3n) is 1.76. The molecule has 5 heteroatoms. The van der Waals surface area contributed by atoms with Crippen molar-refractivity contribution < 1.29 is 14.7 Å². The van der Waals surface area contributed by atoms with Gasteiger partial charge in [0.1, 0.15) is 6.04 Å². The van der Waals surface area contributed by atoms with Crippen molar-refractivity contribution in [2.24, 2.45) is 5.92 Å². The number of carbonyl (C=O) groups excluding carboxylic acids is 1. The quantitative estimate of drug-likeness (QED) is 0.407. The highest BCUT2D eigenvalue weighted by molar-refractivity contribution is 5.84. The number of carboxylic acids is 1. The lowest BCUT2D eigenvalue weighted by atomic mass is 10.1. The van der Waals surface area contributed by atoms with E-state index in [2.05, 4.69) is 16.6 Å². The van der Waals surface area contributed by atoms with E-state index in [4.69, 9.17) is 11.5 Å². The first kappa shape index (κ1) is 13.5. The van der Waals surface area contributed by atoms with Crippen LogP contribution in [0.2, 0.25) is 0 Å².